The third kappa shape index (κ3) is 19.8. The van der Waals surface area contributed by atoms with E-state index < -0.39 is 47.6 Å². The molecule has 62 heavy (non-hydrogen) atoms. The summed E-state index contributed by atoms with van der Waals surface area (Å²) in [6.07, 6.45) is 7.35. The van der Waals surface area contributed by atoms with E-state index in [1.54, 1.807) is 6.20 Å². The molecule has 6 atom stereocenters. The van der Waals surface area contributed by atoms with Crippen molar-refractivity contribution in [1.29, 1.82) is 0 Å². The number of fused-ring (bicyclic) bond motifs is 1. The van der Waals surface area contributed by atoms with Crippen molar-refractivity contribution in [3.05, 3.63) is 36.0 Å². The second-order valence-corrected chi connectivity index (χ2v) is 17.7. The minimum absolute atomic E-state index is 0.00769. The normalized spacial score (nSPS) is 14.2. The Morgan fingerprint density at radius 3 is 1.89 bits per heavy atom. The van der Waals surface area contributed by atoms with Gasteiger partial charge >= 0.3 is 0 Å². The molecule has 346 valence electrons. The molecule has 2 aromatic rings. The molecule has 0 unspecified atom stereocenters. The Labute approximate surface area is 370 Å². The standard InChI is InChI=1S/C44H73N11O6S/c1-27(2)21-31(25-37(56)28(3)11-9-18-51-43(47)48)42(61)54-35(15-10-19-52-44(49)50)38(57)24-30(12-7-8-17-45)41(60)55-36(39(58)23-29(40(46)59)16-20-62-4)22-32-26-53-34-14-6-5-13-33(32)34/h5-6,13-14,26-31,35-36,53H,7-12,15-25,45H2,1-4H3,(H2,46,59)(H,54,61)(H,55,60)(H4,47,48,51)(H4,49,50,52)/t28-,29+,30+,31+,35-,36-/m0/s1. The number of hydrogen-bond donors (Lipinski definition) is 9. The van der Waals surface area contributed by atoms with E-state index in [1.165, 1.54) is 11.8 Å². The lowest BCUT2D eigenvalue weighted by atomic mass is 9.86. The third-order valence-electron chi connectivity index (χ3n) is 11.0. The topological polar surface area (TPSA) is 323 Å². The maximum absolute atomic E-state index is 14.4. The highest BCUT2D eigenvalue weighted by Gasteiger charge is 2.34. The predicted molar refractivity (Wildman–Crippen MR) is 249 cm³/mol. The molecular formula is C44H73N11O6S. The number of nitrogens with two attached hydrogens (primary N) is 6. The van der Waals surface area contributed by atoms with E-state index in [0.717, 1.165) is 16.5 Å². The van der Waals surface area contributed by atoms with Crippen molar-refractivity contribution in [3.8, 4) is 0 Å². The quantitative estimate of drug-likeness (QED) is 0.0284. The number of rotatable bonds is 33. The average Bonchev–Trinajstić information content (AvgIpc) is 3.62. The summed E-state index contributed by atoms with van der Waals surface area (Å²) in [6.45, 7) is 6.70. The van der Waals surface area contributed by atoms with Gasteiger partial charge in [-0.2, -0.15) is 11.8 Å². The summed E-state index contributed by atoms with van der Waals surface area (Å²) in [5.41, 5.74) is 35.1. The second kappa shape index (κ2) is 28.6. The van der Waals surface area contributed by atoms with Crippen LogP contribution < -0.4 is 45.0 Å². The van der Waals surface area contributed by atoms with Crippen LogP contribution in [0, 0.1) is 29.6 Å². The summed E-state index contributed by atoms with van der Waals surface area (Å²) < 4.78 is 0. The van der Waals surface area contributed by atoms with Crippen molar-refractivity contribution in [1.82, 2.24) is 15.6 Å². The zero-order valence-corrected chi connectivity index (χ0v) is 38.0. The summed E-state index contributed by atoms with van der Waals surface area (Å²) in [5, 5.41) is 6.78. The monoisotopic (exact) mass is 884 g/mol. The number of hydrogen-bond acceptors (Lipinski definition) is 10. The largest absolute Gasteiger partial charge is 0.370 e. The number of unbranched alkanes of at least 4 members (excludes halogenated alkanes) is 1. The van der Waals surface area contributed by atoms with Crippen molar-refractivity contribution in [3.63, 3.8) is 0 Å². The molecule has 1 aromatic carbocycles. The van der Waals surface area contributed by atoms with Crippen molar-refractivity contribution in [2.75, 3.05) is 31.6 Å². The van der Waals surface area contributed by atoms with Gasteiger partial charge in [-0.1, -0.05) is 45.4 Å². The first-order chi connectivity index (χ1) is 29.5. The number of aromatic nitrogens is 1. The number of amides is 3. The highest BCUT2D eigenvalue weighted by molar-refractivity contribution is 7.98. The summed E-state index contributed by atoms with van der Waals surface area (Å²) in [7, 11) is 0. The fourth-order valence-corrected chi connectivity index (χ4v) is 7.98. The molecule has 0 aliphatic heterocycles. The zero-order valence-electron chi connectivity index (χ0n) is 37.2. The molecule has 1 heterocycles. The van der Waals surface area contributed by atoms with Gasteiger partial charge in [-0.3, -0.25) is 38.8 Å². The number of primary amides is 1. The van der Waals surface area contributed by atoms with Crippen LogP contribution in [0.3, 0.4) is 0 Å². The van der Waals surface area contributed by atoms with Gasteiger partial charge in [-0.15, -0.1) is 0 Å². The number of thioether (sulfide) groups is 1. The van der Waals surface area contributed by atoms with E-state index in [9.17, 15) is 28.8 Å². The van der Waals surface area contributed by atoms with E-state index in [2.05, 4.69) is 25.6 Å². The number of aromatic amines is 1. The number of para-hydroxylation sites is 1. The Morgan fingerprint density at radius 1 is 0.694 bits per heavy atom. The summed E-state index contributed by atoms with van der Waals surface area (Å²) in [4.78, 5) is 93.8. The highest BCUT2D eigenvalue weighted by atomic mass is 32.2. The lowest BCUT2D eigenvalue weighted by molar-refractivity contribution is -0.135. The third-order valence-corrected chi connectivity index (χ3v) is 11.7. The molecule has 1 aromatic heterocycles. The van der Waals surface area contributed by atoms with E-state index in [0.29, 0.717) is 70.2 Å². The molecule has 2 rings (SSSR count). The molecule has 3 amide bonds. The van der Waals surface area contributed by atoms with Gasteiger partial charge in [0.1, 0.15) is 5.78 Å². The van der Waals surface area contributed by atoms with Crippen LogP contribution in [0.1, 0.15) is 103 Å². The Balaban J connectivity index is 2.42. The number of carbonyl (C=O) groups excluding carboxylic acids is 6. The van der Waals surface area contributed by atoms with E-state index in [-0.39, 0.29) is 79.8 Å². The Morgan fingerprint density at radius 2 is 1.27 bits per heavy atom. The number of guanidine groups is 2. The number of carbonyl (C=O) groups is 6. The van der Waals surface area contributed by atoms with Crippen LogP contribution in [0.15, 0.2) is 40.4 Å². The minimum atomic E-state index is -1.02. The highest BCUT2D eigenvalue weighted by Crippen LogP contribution is 2.24. The molecule has 0 bridgehead atoms. The van der Waals surface area contributed by atoms with Crippen molar-refractivity contribution in [2.45, 2.75) is 116 Å². The summed E-state index contributed by atoms with van der Waals surface area (Å²) >= 11 is 1.54. The lowest BCUT2D eigenvalue weighted by Gasteiger charge is -2.26. The smallest absolute Gasteiger partial charge is 0.224 e. The maximum Gasteiger partial charge on any atom is 0.224 e. The van der Waals surface area contributed by atoms with Crippen LogP contribution in [0.4, 0.5) is 0 Å². The van der Waals surface area contributed by atoms with E-state index in [1.807, 2.05) is 51.3 Å². The fourth-order valence-electron chi connectivity index (χ4n) is 7.46. The molecule has 18 heteroatoms. The first-order valence-corrected chi connectivity index (χ1v) is 23.2. The fraction of sp³-hybridized carbons (Fsp3) is 0.636. The molecule has 0 aliphatic rings. The predicted octanol–water partition coefficient (Wildman–Crippen LogP) is 2.56. The van der Waals surface area contributed by atoms with Crippen molar-refractivity contribution < 1.29 is 28.8 Å². The van der Waals surface area contributed by atoms with Gasteiger partial charge < -0.3 is 50.0 Å². The average molecular weight is 884 g/mol. The molecule has 0 radical (unpaired) electrons. The van der Waals surface area contributed by atoms with E-state index in [4.69, 9.17) is 34.4 Å². The molecule has 0 fully saturated rings. The number of aliphatic imine (C=N–C) groups is 2. The zero-order chi connectivity index (χ0) is 46.2. The van der Waals surface area contributed by atoms with Crippen LogP contribution in [0.5, 0.6) is 0 Å². The van der Waals surface area contributed by atoms with Crippen molar-refractivity contribution in [2.24, 2.45) is 74.0 Å². The van der Waals surface area contributed by atoms with Gasteiger partial charge in [-0.25, -0.2) is 0 Å². The second-order valence-electron chi connectivity index (χ2n) is 16.7. The van der Waals surface area contributed by atoms with Gasteiger partial charge in [0.15, 0.2) is 23.5 Å². The molecule has 0 saturated carbocycles. The van der Waals surface area contributed by atoms with E-state index >= 15 is 0 Å². The Hall–Kier alpha value is -4.97. The number of H-pyrrole nitrogens is 1. The number of nitrogens with zero attached hydrogens (tertiary/aromatic N) is 2. The molecule has 0 aliphatic carbocycles. The first-order valence-electron chi connectivity index (χ1n) is 21.8. The maximum atomic E-state index is 14.4. The van der Waals surface area contributed by atoms with Crippen LogP contribution in [-0.4, -0.2) is 95.7 Å². The van der Waals surface area contributed by atoms with Gasteiger partial charge in [-0.05, 0) is 87.5 Å². The SMILES string of the molecule is CSCC[C@H](CC(=O)[C@H](Cc1c[nH]c2ccccc12)NC(=O)[C@H](CCCCN)CC(=O)[C@H](CCCN=C(N)N)NC(=O)[C@@H](CC(=O)[C@@H](C)CCCN=C(N)N)CC(C)C)C(N)=O. The summed E-state index contributed by atoms with van der Waals surface area (Å²) in [5.74, 6) is -4.37. The molecule has 17 nitrogen and oxygen atoms in total. The van der Waals surface area contributed by atoms with Crippen LogP contribution in [-0.2, 0) is 35.2 Å². The van der Waals surface area contributed by atoms with Gasteiger partial charge in [0.05, 0.1) is 12.1 Å². The number of nitrogens with one attached hydrogen (secondary N) is 3. The first kappa shape index (κ1) is 53.2. The van der Waals surface area contributed by atoms with Crippen molar-refractivity contribution >= 4 is 69.7 Å². The number of benzene rings is 1. The van der Waals surface area contributed by atoms with Crippen LogP contribution in [0.25, 0.3) is 10.9 Å². The van der Waals surface area contributed by atoms with Gasteiger partial charge in [0.25, 0.3) is 0 Å². The number of ketones is 3. The van der Waals surface area contributed by atoms with Gasteiger partial charge in [0.2, 0.25) is 17.7 Å². The molecule has 15 N–H and O–H groups in total. The Bertz CT molecular complexity index is 1810. The Kier molecular flexibility index (Phi) is 24.5. The molecular weight excluding hydrogens is 811 g/mol. The van der Waals surface area contributed by atoms with Crippen LogP contribution in [0.2, 0.25) is 0 Å². The molecule has 0 saturated heterocycles. The number of Topliss-reactive ketones (excluding diaryl/α,β-unsaturated/α-hetero) is 3. The van der Waals surface area contributed by atoms with Crippen LogP contribution >= 0.6 is 11.8 Å². The minimum Gasteiger partial charge on any atom is -0.370 e. The van der Waals surface area contributed by atoms with Gasteiger partial charge in [0, 0.05) is 79.5 Å². The molecule has 0 spiro atoms. The summed E-state index contributed by atoms with van der Waals surface area (Å²) in [6, 6.07) is 5.57. The lowest BCUT2D eigenvalue weighted by Crippen LogP contribution is -2.48.